The van der Waals surface area contributed by atoms with Crippen LogP contribution in [0.25, 0.3) is 44.4 Å². The van der Waals surface area contributed by atoms with Gasteiger partial charge in [0.25, 0.3) is 0 Å². The second-order valence-electron chi connectivity index (χ2n) is 9.74. The van der Waals surface area contributed by atoms with Crippen LogP contribution in [-0.4, -0.2) is 19.3 Å². The molecule has 0 fully saturated rings. The van der Waals surface area contributed by atoms with Crippen LogP contribution in [0.2, 0.25) is 0 Å². The van der Waals surface area contributed by atoms with Crippen LogP contribution >= 0.6 is 0 Å². The van der Waals surface area contributed by atoms with Crippen LogP contribution < -0.4 is 4.74 Å². The molecule has 0 aliphatic rings. The summed E-state index contributed by atoms with van der Waals surface area (Å²) < 4.78 is 38.2. The maximum atomic E-state index is 14.2. The smallest absolute Gasteiger partial charge is 0.509 e. The van der Waals surface area contributed by atoms with E-state index >= 15 is 0 Å². The predicted octanol–water partition coefficient (Wildman–Crippen LogP) is 8.32. The first kappa shape index (κ1) is 27.6. The van der Waals surface area contributed by atoms with E-state index in [9.17, 15) is 8.78 Å². The van der Waals surface area contributed by atoms with Crippen molar-refractivity contribution in [3.63, 3.8) is 0 Å². The van der Waals surface area contributed by atoms with Crippen molar-refractivity contribution in [2.45, 2.75) is 13.8 Å². The fourth-order valence-corrected chi connectivity index (χ4v) is 5.35. The molecule has 0 amide bonds. The van der Waals surface area contributed by atoms with Crippen molar-refractivity contribution in [1.82, 2.24) is 19.3 Å². The Labute approximate surface area is 255 Å². The first-order valence-corrected chi connectivity index (χ1v) is 13.1. The molecule has 0 N–H and O–H groups in total. The normalized spacial score (nSPS) is 11.1. The van der Waals surface area contributed by atoms with Gasteiger partial charge in [-0.1, -0.05) is 35.8 Å². The quantitative estimate of drug-likeness (QED) is 0.167. The average Bonchev–Trinajstić information content (AvgIpc) is 3.46. The van der Waals surface area contributed by atoms with Crippen LogP contribution in [-0.2, 0) is 21.1 Å². The van der Waals surface area contributed by atoms with E-state index in [0.29, 0.717) is 33.7 Å². The number of benzene rings is 4. The van der Waals surface area contributed by atoms with E-state index in [1.54, 1.807) is 16.7 Å². The topological polar surface area (TPSA) is 44.9 Å². The maximum absolute atomic E-state index is 14.2. The molecule has 3 heterocycles. The van der Waals surface area contributed by atoms with Crippen LogP contribution in [0.5, 0.6) is 11.5 Å². The Morgan fingerprint density at radius 3 is 2.36 bits per heavy atom. The molecule has 8 heteroatoms. The number of ether oxygens (including phenoxy) is 1. The molecule has 42 heavy (non-hydrogen) atoms. The molecule has 5 nitrogen and oxygen atoms in total. The second kappa shape index (κ2) is 11.0. The van der Waals surface area contributed by atoms with Gasteiger partial charge in [-0.15, -0.1) is 35.7 Å². The monoisotopic (exact) mass is 735 g/mol. The Morgan fingerprint density at radius 2 is 1.55 bits per heavy atom. The van der Waals surface area contributed by atoms with Crippen LogP contribution in [0.4, 0.5) is 8.78 Å². The number of hydrogen-bond acceptors (Lipinski definition) is 3. The van der Waals surface area contributed by atoms with Gasteiger partial charge in [0.15, 0.2) is 0 Å². The summed E-state index contributed by atoms with van der Waals surface area (Å²) in [5.41, 5.74) is 6.10. The number of pyridine rings is 1. The summed E-state index contributed by atoms with van der Waals surface area (Å²) in [5.74, 6) is 0.465. The molecular formula is C34H22F2N4OPt. The van der Waals surface area contributed by atoms with Gasteiger partial charge in [-0.3, -0.25) is 4.68 Å². The van der Waals surface area contributed by atoms with Crippen LogP contribution in [0.15, 0.2) is 97.2 Å². The Morgan fingerprint density at radius 1 is 0.762 bits per heavy atom. The van der Waals surface area contributed by atoms with Crippen LogP contribution in [0.1, 0.15) is 11.4 Å². The largest absolute Gasteiger partial charge is 2.00 e. The van der Waals surface area contributed by atoms with Crippen molar-refractivity contribution in [2.75, 3.05) is 0 Å². The van der Waals surface area contributed by atoms with Gasteiger partial charge < -0.3 is 9.30 Å². The van der Waals surface area contributed by atoms with E-state index in [1.807, 2.05) is 61.0 Å². The van der Waals surface area contributed by atoms with E-state index in [2.05, 4.69) is 29.2 Å². The molecule has 4 aromatic carbocycles. The van der Waals surface area contributed by atoms with Gasteiger partial charge >= 0.3 is 21.1 Å². The number of halogens is 2. The molecule has 7 rings (SSSR count). The molecule has 0 saturated carbocycles. The summed E-state index contributed by atoms with van der Waals surface area (Å²) in [7, 11) is 0. The molecular weight excluding hydrogens is 713 g/mol. The molecule has 7 aromatic rings. The Balaban J connectivity index is 0.00000316. The van der Waals surface area contributed by atoms with Crippen LogP contribution in [0, 0.1) is 37.6 Å². The fourth-order valence-electron chi connectivity index (χ4n) is 5.35. The first-order chi connectivity index (χ1) is 20.0. The summed E-state index contributed by atoms with van der Waals surface area (Å²) >= 11 is 0. The van der Waals surface area contributed by atoms with Gasteiger partial charge in [-0.25, -0.2) is 13.8 Å². The Hall–Kier alpha value is -4.61. The van der Waals surface area contributed by atoms with Crippen molar-refractivity contribution in [2.24, 2.45) is 0 Å². The molecule has 0 radical (unpaired) electrons. The van der Waals surface area contributed by atoms with Crippen molar-refractivity contribution in [3.05, 3.63) is 132 Å². The van der Waals surface area contributed by atoms with E-state index in [1.165, 1.54) is 30.5 Å². The van der Waals surface area contributed by atoms with Gasteiger partial charge in [-0.05, 0) is 54.8 Å². The van der Waals surface area contributed by atoms with Crippen molar-refractivity contribution < 1.29 is 34.6 Å². The van der Waals surface area contributed by atoms with E-state index in [4.69, 9.17) is 9.84 Å². The minimum Gasteiger partial charge on any atom is -0.509 e. The third-order valence-electron chi connectivity index (χ3n) is 7.10. The van der Waals surface area contributed by atoms with Gasteiger partial charge in [0.05, 0.1) is 5.69 Å². The van der Waals surface area contributed by atoms with Crippen LogP contribution in [0.3, 0.4) is 0 Å². The molecule has 3 aromatic heterocycles. The summed E-state index contributed by atoms with van der Waals surface area (Å²) in [6, 6.07) is 33.1. The number of aryl methyl sites for hydroxylation is 1. The number of rotatable bonds is 5. The number of fused-ring (bicyclic) bond motifs is 3. The molecule has 0 spiro atoms. The fraction of sp³-hybridized carbons (Fsp3) is 0.0588. The third-order valence-corrected chi connectivity index (χ3v) is 7.10. The zero-order valence-electron chi connectivity index (χ0n) is 22.5. The summed E-state index contributed by atoms with van der Waals surface area (Å²) in [5, 5.41) is 6.19. The van der Waals surface area contributed by atoms with Gasteiger partial charge in [0.2, 0.25) is 0 Å². The maximum Gasteiger partial charge on any atom is 2.00 e. The minimum absolute atomic E-state index is 0. The number of hydrogen-bond donors (Lipinski definition) is 0. The van der Waals surface area contributed by atoms with E-state index in [-0.39, 0.29) is 26.9 Å². The summed E-state index contributed by atoms with van der Waals surface area (Å²) in [6.45, 7) is 4.03. The Kier molecular flexibility index (Phi) is 7.21. The van der Waals surface area contributed by atoms with E-state index < -0.39 is 5.82 Å². The van der Waals surface area contributed by atoms with Gasteiger partial charge in [-0.2, -0.15) is 17.2 Å². The van der Waals surface area contributed by atoms with Gasteiger partial charge in [0.1, 0.15) is 17.5 Å². The zero-order valence-corrected chi connectivity index (χ0v) is 24.8. The molecule has 0 saturated heterocycles. The minimum atomic E-state index is -0.425. The zero-order chi connectivity index (χ0) is 28.1. The standard InChI is InChI=1S/C34H22F2N4O.Pt/c1-21-34(23-7-4-3-5-8-23)22(2)40(38-21)26-9-6-10-27(19-26)41-28-12-13-29-30-17-24(35)11-14-31(30)39(32(29)20-28)33-18-25(36)15-16-37-33;/h3-18H,1-2H3;/q-2;+2. The number of nitrogens with zero attached hydrogens (tertiary/aromatic N) is 4. The third kappa shape index (κ3) is 4.80. The molecule has 0 atom stereocenters. The van der Waals surface area contributed by atoms with E-state index in [0.717, 1.165) is 33.6 Å². The summed E-state index contributed by atoms with van der Waals surface area (Å²) in [6.07, 6.45) is 1.40. The number of aromatic nitrogens is 4. The van der Waals surface area contributed by atoms with Crippen molar-refractivity contribution in [3.8, 4) is 34.1 Å². The SMILES string of the molecule is Cc1nn(-c2[c-]c(Oc3[c-]c4c(cc3)c3cc(F)ccc3n4-c3cc(F)ccn3)ccc2)c(C)c1-c1ccccc1.[Pt+2]. The molecule has 0 bridgehead atoms. The second-order valence-corrected chi connectivity index (χ2v) is 9.74. The molecule has 0 aliphatic carbocycles. The molecule has 0 aliphatic heterocycles. The Bertz CT molecular complexity index is 2090. The van der Waals surface area contributed by atoms with Crippen molar-refractivity contribution >= 4 is 21.8 Å². The molecule has 208 valence electrons. The average molecular weight is 736 g/mol. The predicted molar refractivity (Wildman–Crippen MR) is 155 cm³/mol. The first-order valence-electron chi connectivity index (χ1n) is 13.1. The van der Waals surface area contributed by atoms with Crippen molar-refractivity contribution in [1.29, 1.82) is 0 Å². The summed E-state index contributed by atoms with van der Waals surface area (Å²) in [4.78, 5) is 4.36. The molecule has 0 unspecified atom stereocenters. The van der Waals surface area contributed by atoms with Gasteiger partial charge in [0, 0.05) is 40.5 Å².